The Bertz CT molecular complexity index is 564. The summed E-state index contributed by atoms with van der Waals surface area (Å²) in [5, 5.41) is 3.47. The summed E-state index contributed by atoms with van der Waals surface area (Å²) >= 11 is 0. The third-order valence-electron chi connectivity index (χ3n) is 3.93. The van der Waals surface area contributed by atoms with Gasteiger partial charge in [-0.1, -0.05) is 24.3 Å². The van der Waals surface area contributed by atoms with Gasteiger partial charge in [-0.2, -0.15) is 0 Å². The van der Waals surface area contributed by atoms with Gasteiger partial charge in [-0.3, -0.25) is 0 Å². The van der Waals surface area contributed by atoms with Gasteiger partial charge in [0.05, 0.1) is 0 Å². The van der Waals surface area contributed by atoms with Crippen LogP contribution in [-0.2, 0) is 17.7 Å². The summed E-state index contributed by atoms with van der Waals surface area (Å²) in [6.45, 7) is 2.68. The van der Waals surface area contributed by atoms with E-state index in [-0.39, 0.29) is 0 Å². The zero-order valence-corrected chi connectivity index (χ0v) is 11.9. The molecule has 106 valence electrons. The molecule has 1 unspecified atom stereocenters. The number of hydrogen-bond donors (Lipinski definition) is 1. The maximum atomic E-state index is 5.09. The van der Waals surface area contributed by atoms with Gasteiger partial charge in [-0.25, -0.2) is 4.98 Å². The molecule has 0 saturated heterocycles. The van der Waals surface area contributed by atoms with E-state index in [0.29, 0.717) is 5.92 Å². The first-order chi connectivity index (χ1) is 9.88. The number of ether oxygens (including phenoxy) is 1. The molecule has 0 bridgehead atoms. The van der Waals surface area contributed by atoms with Crippen LogP contribution in [0.1, 0.15) is 23.5 Å². The van der Waals surface area contributed by atoms with Crippen molar-refractivity contribution in [3.8, 4) is 0 Å². The van der Waals surface area contributed by atoms with Crippen LogP contribution in [0, 0.1) is 0 Å². The van der Waals surface area contributed by atoms with Gasteiger partial charge in [0.25, 0.3) is 0 Å². The first kappa shape index (κ1) is 13.2. The van der Waals surface area contributed by atoms with Crippen molar-refractivity contribution >= 4 is 5.95 Å². The van der Waals surface area contributed by atoms with Crippen LogP contribution in [0.25, 0.3) is 0 Å². The Balaban J connectivity index is 1.54. The molecule has 1 atom stereocenters. The summed E-state index contributed by atoms with van der Waals surface area (Å²) in [4.78, 5) is 4.39. The summed E-state index contributed by atoms with van der Waals surface area (Å²) in [5.74, 6) is 1.58. The quantitative estimate of drug-likeness (QED) is 0.787. The molecule has 0 saturated carbocycles. The highest BCUT2D eigenvalue weighted by molar-refractivity contribution is 5.41. The van der Waals surface area contributed by atoms with Crippen LogP contribution in [-0.4, -0.2) is 29.8 Å². The van der Waals surface area contributed by atoms with E-state index in [1.54, 1.807) is 7.11 Å². The van der Waals surface area contributed by atoms with Crippen LogP contribution >= 0.6 is 0 Å². The zero-order valence-electron chi connectivity index (χ0n) is 11.9. The summed E-state index contributed by atoms with van der Waals surface area (Å²) < 4.78 is 7.25. The molecule has 1 N–H and O–H groups in total. The zero-order chi connectivity index (χ0) is 13.8. The van der Waals surface area contributed by atoms with Crippen LogP contribution in [0.5, 0.6) is 0 Å². The van der Waals surface area contributed by atoms with Crippen LogP contribution in [0.2, 0.25) is 0 Å². The molecule has 1 aliphatic rings. The first-order valence-electron chi connectivity index (χ1n) is 7.20. The molecule has 4 heteroatoms. The highest BCUT2D eigenvalue weighted by Crippen LogP contribution is 2.34. The van der Waals surface area contributed by atoms with Crippen molar-refractivity contribution < 1.29 is 4.74 Å². The fraction of sp³-hybridized carbons (Fsp3) is 0.438. The highest BCUT2D eigenvalue weighted by atomic mass is 16.5. The van der Waals surface area contributed by atoms with E-state index in [1.807, 2.05) is 12.4 Å². The Labute approximate surface area is 119 Å². The summed E-state index contributed by atoms with van der Waals surface area (Å²) in [6, 6.07) is 8.69. The predicted octanol–water partition coefficient (Wildman–Crippen LogP) is 2.67. The minimum atomic E-state index is 0.621. The van der Waals surface area contributed by atoms with E-state index in [4.69, 9.17) is 4.74 Å². The lowest BCUT2D eigenvalue weighted by molar-refractivity contribution is 0.190. The SMILES string of the molecule is COCCCn1ccnc1NCC1Cc2ccccc21. The Morgan fingerprint density at radius 3 is 3.15 bits per heavy atom. The van der Waals surface area contributed by atoms with E-state index in [0.717, 1.165) is 32.1 Å². The Kier molecular flexibility index (Phi) is 4.02. The fourth-order valence-corrected chi connectivity index (χ4v) is 2.80. The number of methoxy groups -OCH3 is 1. The molecule has 1 aliphatic carbocycles. The smallest absolute Gasteiger partial charge is 0.202 e. The van der Waals surface area contributed by atoms with Crippen LogP contribution in [0.4, 0.5) is 5.95 Å². The molecule has 3 rings (SSSR count). The highest BCUT2D eigenvalue weighted by Gasteiger charge is 2.25. The number of aryl methyl sites for hydroxylation is 1. The molecule has 0 fully saturated rings. The second-order valence-electron chi connectivity index (χ2n) is 5.27. The summed E-state index contributed by atoms with van der Waals surface area (Å²) in [5.41, 5.74) is 2.97. The standard InChI is InChI=1S/C16H21N3O/c1-20-10-4-8-19-9-7-17-16(19)18-12-14-11-13-5-2-3-6-15(13)14/h2-3,5-7,9,14H,4,8,10-12H2,1H3,(H,17,18). The van der Waals surface area contributed by atoms with Crippen LogP contribution in [0.3, 0.4) is 0 Å². The molecule has 0 radical (unpaired) electrons. The Morgan fingerprint density at radius 2 is 2.30 bits per heavy atom. The number of imidazole rings is 1. The van der Waals surface area contributed by atoms with Crippen molar-refractivity contribution in [3.63, 3.8) is 0 Å². The van der Waals surface area contributed by atoms with E-state index < -0.39 is 0 Å². The number of rotatable bonds is 7. The van der Waals surface area contributed by atoms with Gasteiger partial charge < -0.3 is 14.6 Å². The molecule has 0 amide bonds. The maximum Gasteiger partial charge on any atom is 0.202 e. The van der Waals surface area contributed by atoms with Gasteiger partial charge in [0.15, 0.2) is 0 Å². The number of anilines is 1. The molecular formula is C16H21N3O. The maximum absolute atomic E-state index is 5.09. The number of hydrogen-bond acceptors (Lipinski definition) is 3. The molecule has 20 heavy (non-hydrogen) atoms. The van der Waals surface area contributed by atoms with E-state index in [2.05, 4.69) is 39.1 Å². The first-order valence-corrected chi connectivity index (χ1v) is 7.20. The molecule has 1 aromatic carbocycles. The van der Waals surface area contributed by atoms with Gasteiger partial charge in [0.2, 0.25) is 5.95 Å². The number of fused-ring (bicyclic) bond motifs is 1. The molecule has 1 heterocycles. The predicted molar refractivity (Wildman–Crippen MR) is 80.1 cm³/mol. The second-order valence-corrected chi connectivity index (χ2v) is 5.27. The Hall–Kier alpha value is -1.81. The van der Waals surface area contributed by atoms with E-state index in [9.17, 15) is 0 Å². The van der Waals surface area contributed by atoms with Crippen molar-refractivity contribution in [1.82, 2.24) is 9.55 Å². The van der Waals surface area contributed by atoms with Gasteiger partial charge in [-0.05, 0) is 24.0 Å². The lowest BCUT2D eigenvalue weighted by atomic mass is 9.78. The second kappa shape index (κ2) is 6.09. The van der Waals surface area contributed by atoms with Crippen molar-refractivity contribution in [2.24, 2.45) is 0 Å². The van der Waals surface area contributed by atoms with Crippen LogP contribution < -0.4 is 5.32 Å². The lowest BCUT2D eigenvalue weighted by Gasteiger charge is -2.30. The molecule has 4 nitrogen and oxygen atoms in total. The number of benzene rings is 1. The van der Waals surface area contributed by atoms with Crippen molar-refractivity contribution in [3.05, 3.63) is 47.8 Å². The third kappa shape index (κ3) is 2.70. The summed E-state index contributed by atoms with van der Waals surface area (Å²) in [6.07, 6.45) is 6.05. The third-order valence-corrected chi connectivity index (χ3v) is 3.93. The normalized spacial score (nSPS) is 16.6. The summed E-state index contributed by atoms with van der Waals surface area (Å²) in [7, 11) is 1.74. The molecule has 0 spiro atoms. The fourth-order valence-electron chi connectivity index (χ4n) is 2.80. The Morgan fingerprint density at radius 1 is 1.40 bits per heavy atom. The van der Waals surface area contributed by atoms with Gasteiger partial charge in [0.1, 0.15) is 0 Å². The number of nitrogens with one attached hydrogen (secondary N) is 1. The lowest BCUT2D eigenvalue weighted by Crippen LogP contribution is -2.25. The number of nitrogens with zero attached hydrogens (tertiary/aromatic N) is 2. The van der Waals surface area contributed by atoms with Crippen LogP contribution in [0.15, 0.2) is 36.7 Å². The largest absolute Gasteiger partial charge is 0.385 e. The van der Waals surface area contributed by atoms with Gasteiger partial charge in [-0.15, -0.1) is 0 Å². The molecule has 2 aromatic rings. The average Bonchev–Trinajstić information content (AvgIpc) is 2.88. The van der Waals surface area contributed by atoms with E-state index in [1.165, 1.54) is 17.5 Å². The minimum Gasteiger partial charge on any atom is -0.385 e. The van der Waals surface area contributed by atoms with Crippen molar-refractivity contribution in [1.29, 1.82) is 0 Å². The molecule has 1 aromatic heterocycles. The van der Waals surface area contributed by atoms with Crippen molar-refractivity contribution in [2.75, 3.05) is 25.6 Å². The molecule has 0 aliphatic heterocycles. The average molecular weight is 271 g/mol. The minimum absolute atomic E-state index is 0.621. The van der Waals surface area contributed by atoms with E-state index >= 15 is 0 Å². The van der Waals surface area contributed by atoms with Gasteiger partial charge in [0, 0.05) is 45.1 Å². The topological polar surface area (TPSA) is 39.1 Å². The number of aromatic nitrogens is 2. The van der Waals surface area contributed by atoms with Gasteiger partial charge >= 0.3 is 0 Å². The van der Waals surface area contributed by atoms with Crippen molar-refractivity contribution in [2.45, 2.75) is 25.3 Å². The monoisotopic (exact) mass is 271 g/mol. The molecular weight excluding hydrogens is 250 g/mol.